The molecule has 2 N–H and O–H groups in total. The number of hydrogen-bond acceptors (Lipinski definition) is 2. The number of benzene rings is 2. The molecule has 2 aromatic carbocycles. The second kappa shape index (κ2) is 2.66. The molecule has 0 saturated carbocycles. The van der Waals surface area contributed by atoms with Crippen LogP contribution in [0.3, 0.4) is 0 Å². The summed E-state index contributed by atoms with van der Waals surface area (Å²) in [5, 5.41) is 2.61. The average molecular weight is 235 g/mol. The third-order valence-electron chi connectivity index (χ3n) is 2.24. The molecule has 0 radical (unpaired) electrons. The topological polar surface area (TPSA) is 24.1 Å². The van der Waals surface area contributed by atoms with Gasteiger partial charge in [0.05, 0.1) is 0 Å². The van der Waals surface area contributed by atoms with Crippen molar-refractivity contribution in [2.24, 2.45) is 0 Å². The molecule has 1 heterocycles. The molecule has 0 bridgehead atoms. The Bertz CT molecular complexity index is 467. The van der Waals surface area contributed by atoms with E-state index in [9.17, 15) is 0 Å². The summed E-state index contributed by atoms with van der Waals surface area (Å²) in [6.07, 6.45) is 0. The minimum absolute atomic E-state index is 0.326. The Kier molecular flexibility index (Phi) is 1.48. The van der Waals surface area contributed by atoms with Crippen molar-refractivity contribution in [3.05, 3.63) is 36.4 Å². The second-order valence-corrected chi connectivity index (χ2v) is 4.30. The molecule has 0 fully saturated rings. The summed E-state index contributed by atoms with van der Waals surface area (Å²) < 4.78 is 6.74. The quantitative estimate of drug-likeness (QED) is 0.684. The van der Waals surface area contributed by atoms with E-state index in [1.54, 1.807) is 0 Å². The monoisotopic (exact) mass is 236 g/mol. The van der Waals surface area contributed by atoms with Crippen molar-refractivity contribution in [2.75, 3.05) is 8.67 Å². The molecular formula is C10H8N2Se. The zero-order valence-corrected chi connectivity index (χ0v) is 8.59. The average Bonchev–Trinajstić information content (AvgIpc) is 2.65. The Morgan fingerprint density at radius 1 is 0.923 bits per heavy atom. The number of fused-ring (bicyclic) bond motifs is 3. The molecule has 0 unspecified atom stereocenters. The Labute approximate surface area is 82.9 Å². The van der Waals surface area contributed by atoms with Gasteiger partial charge in [0.2, 0.25) is 0 Å². The van der Waals surface area contributed by atoms with E-state index in [0.717, 1.165) is 0 Å². The van der Waals surface area contributed by atoms with Gasteiger partial charge in [0, 0.05) is 0 Å². The van der Waals surface area contributed by atoms with Gasteiger partial charge in [0.1, 0.15) is 0 Å². The van der Waals surface area contributed by atoms with Gasteiger partial charge >= 0.3 is 82.6 Å². The SMILES string of the molecule is c1ccc2c3c(ccc2c1)N[Se]N3. The van der Waals surface area contributed by atoms with Gasteiger partial charge < -0.3 is 0 Å². The molecule has 0 saturated heterocycles. The molecule has 64 valence electrons. The summed E-state index contributed by atoms with van der Waals surface area (Å²) in [5.41, 5.74) is 2.50. The van der Waals surface area contributed by atoms with Gasteiger partial charge in [-0.05, 0) is 0 Å². The fraction of sp³-hybridized carbons (Fsp3) is 0. The Morgan fingerprint density at radius 2 is 1.85 bits per heavy atom. The molecule has 2 aromatic rings. The first kappa shape index (κ1) is 7.24. The van der Waals surface area contributed by atoms with Crippen molar-refractivity contribution in [2.45, 2.75) is 0 Å². The van der Waals surface area contributed by atoms with Crippen molar-refractivity contribution in [1.29, 1.82) is 0 Å². The van der Waals surface area contributed by atoms with Crippen LogP contribution >= 0.6 is 0 Å². The zero-order chi connectivity index (χ0) is 8.67. The summed E-state index contributed by atoms with van der Waals surface area (Å²) in [5.74, 6) is 0. The molecule has 0 atom stereocenters. The van der Waals surface area contributed by atoms with Crippen molar-refractivity contribution < 1.29 is 0 Å². The van der Waals surface area contributed by atoms with E-state index < -0.39 is 0 Å². The number of hydrogen-bond donors (Lipinski definition) is 2. The van der Waals surface area contributed by atoms with Gasteiger partial charge in [0.15, 0.2) is 0 Å². The molecule has 0 spiro atoms. The molecule has 1 aliphatic rings. The van der Waals surface area contributed by atoms with Crippen LogP contribution in [0.2, 0.25) is 0 Å². The van der Waals surface area contributed by atoms with Crippen LogP contribution in [0.25, 0.3) is 10.8 Å². The first-order chi connectivity index (χ1) is 6.45. The van der Waals surface area contributed by atoms with Crippen molar-refractivity contribution in [1.82, 2.24) is 0 Å². The van der Waals surface area contributed by atoms with Crippen LogP contribution < -0.4 is 8.67 Å². The van der Waals surface area contributed by atoms with E-state index in [4.69, 9.17) is 0 Å². The Hall–Kier alpha value is -1.18. The summed E-state index contributed by atoms with van der Waals surface area (Å²) in [6.45, 7) is 0. The van der Waals surface area contributed by atoms with E-state index in [2.05, 4.69) is 45.1 Å². The maximum absolute atomic E-state index is 3.39. The number of nitrogens with one attached hydrogen (secondary N) is 2. The van der Waals surface area contributed by atoms with Crippen molar-refractivity contribution in [3.63, 3.8) is 0 Å². The van der Waals surface area contributed by atoms with Crippen LogP contribution in [0.5, 0.6) is 0 Å². The molecular weight excluding hydrogens is 227 g/mol. The second-order valence-electron chi connectivity index (χ2n) is 3.02. The zero-order valence-electron chi connectivity index (χ0n) is 6.87. The minimum atomic E-state index is 0.326. The molecule has 0 amide bonds. The van der Waals surface area contributed by atoms with Crippen LogP contribution in [-0.2, 0) is 0 Å². The molecule has 2 nitrogen and oxygen atoms in total. The van der Waals surface area contributed by atoms with Crippen LogP contribution in [0, 0.1) is 0 Å². The summed E-state index contributed by atoms with van der Waals surface area (Å²) in [4.78, 5) is 0. The summed E-state index contributed by atoms with van der Waals surface area (Å²) >= 11 is 0.326. The van der Waals surface area contributed by atoms with Crippen LogP contribution in [0.1, 0.15) is 0 Å². The third-order valence-corrected chi connectivity index (χ3v) is 3.56. The predicted molar refractivity (Wildman–Crippen MR) is 56.9 cm³/mol. The first-order valence-corrected chi connectivity index (χ1v) is 5.86. The van der Waals surface area contributed by atoms with Gasteiger partial charge in [0.25, 0.3) is 0 Å². The van der Waals surface area contributed by atoms with Gasteiger partial charge in [-0.2, -0.15) is 0 Å². The van der Waals surface area contributed by atoms with Gasteiger partial charge in [-0.15, -0.1) is 0 Å². The fourth-order valence-corrected chi connectivity index (χ4v) is 2.97. The van der Waals surface area contributed by atoms with Gasteiger partial charge in [-0.25, -0.2) is 0 Å². The Morgan fingerprint density at radius 3 is 2.85 bits per heavy atom. The van der Waals surface area contributed by atoms with Crippen LogP contribution in [-0.4, -0.2) is 15.4 Å². The number of anilines is 2. The molecule has 0 aromatic heterocycles. The third kappa shape index (κ3) is 1.01. The van der Waals surface area contributed by atoms with E-state index in [0.29, 0.717) is 15.4 Å². The molecule has 13 heavy (non-hydrogen) atoms. The number of rotatable bonds is 0. The summed E-state index contributed by atoms with van der Waals surface area (Å²) in [7, 11) is 0. The first-order valence-electron chi connectivity index (χ1n) is 4.15. The van der Waals surface area contributed by atoms with Gasteiger partial charge in [-0.1, -0.05) is 0 Å². The van der Waals surface area contributed by atoms with Crippen LogP contribution in [0.4, 0.5) is 11.4 Å². The standard InChI is InChI=1S/C10H8N2Se/c1-2-4-8-7(3-1)5-6-9-10(8)12-13-11-9/h1-6,11-12H. The summed E-state index contributed by atoms with van der Waals surface area (Å²) in [6, 6.07) is 12.7. The van der Waals surface area contributed by atoms with Crippen LogP contribution in [0.15, 0.2) is 36.4 Å². The van der Waals surface area contributed by atoms with E-state index in [1.165, 1.54) is 22.1 Å². The normalized spacial score (nSPS) is 13.5. The van der Waals surface area contributed by atoms with Crippen molar-refractivity contribution in [3.8, 4) is 0 Å². The van der Waals surface area contributed by atoms with E-state index in [1.807, 2.05) is 0 Å². The molecule has 3 heteroatoms. The predicted octanol–water partition coefficient (Wildman–Crippen LogP) is 2.21. The fourth-order valence-electron chi connectivity index (χ4n) is 1.60. The maximum atomic E-state index is 3.39. The molecule has 3 rings (SSSR count). The Balaban J connectivity index is 2.43. The molecule has 1 aliphatic heterocycles. The van der Waals surface area contributed by atoms with Crippen molar-refractivity contribution >= 4 is 37.5 Å². The van der Waals surface area contributed by atoms with Gasteiger partial charge in [-0.3, -0.25) is 0 Å². The van der Waals surface area contributed by atoms with E-state index >= 15 is 0 Å². The van der Waals surface area contributed by atoms with E-state index in [-0.39, 0.29) is 0 Å². The molecule has 0 aliphatic carbocycles.